The van der Waals surface area contributed by atoms with Crippen LogP contribution in [-0.2, 0) is 7.05 Å². The van der Waals surface area contributed by atoms with Crippen molar-refractivity contribution in [2.75, 3.05) is 11.4 Å². The first-order chi connectivity index (χ1) is 10.7. The fourth-order valence-electron chi connectivity index (χ4n) is 3.12. The summed E-state index contributed by atoms with van der Waals surface area (Å²) in [5.74, 6) is 1.95. The van der Waals surface area contributed by atoms with Crippen LogP contribution in [0.1, 0.15) is 28.6 Å². The van der Waals surface area contributed by atoms with Crippen LogP contribution in [0.3, 0.4) is 0 Å². The third kappa shape index (κ3) is 2.27. The summed E-state index contributed by atoms with van der Waals surface area (Å²) in [6, 6.07) is 9.08. The number of hydrogen-bond acceptors (Lipinski definition) is 5. The second-order valence-corrected chi connectivity index (χ2v) is 7.93. The average Bonchev–Trinajstić information content (AvgIpc) is 3.23. The molecule has 0 unspecified atom stereocenters. The maximum atomic E-state index is 4.49. The van der Waals surface area contributed by atoms with E-state index in [9.17, 15) is 0 Å². The molecule has 3 aromatic rings. The number of rotatable bonds is 3. The Kier molecular flexibility index (Phi) is 3.50. The molecule has 4 heterocycles. The number of thiophene rings is 2. The van der Waals surface area contributed by atoms with Crippen LogP contribution < -0.4 is 4.90 Å². The monoisotopic (exact) mass is 330 g/mol. The van der Waals surface area contributed by atoms with Crippen molar-refractivity contribution in [3.8, 4) is 10.7 Å². The highest BCUT2D eigenvalue weighted by Gasteiger charge is 2.30. The molecular formula is C16H18N4S2. The normalized spacial score (nSPS) is 18.3. The zero-order valence-electron chi connectivity index (χ0n) is 12.7. The van der Waals surface area contributed by atoms with Gasteiger partial charge in [-0.05, 0) is 43.3 Å². The van der Waals surface area contributed by atoms with Crippen LogP contribution in [0.5, 0.6) is 0 Å². The SMILES string of the molecule is Cc1ccc(-c2nnc(N3CCC[C@@H]3c3cccs3)n2C)s1. The third-order valence-corrected chi connectivity index (χ3v) is 6.16. The largest absolute Gasteiger partial charge is 0.333 e. The number of hydrogen-bond donors (Lipinski definition) is 0. The van der Waals surface area contributed by atoms with E-state index in [1.165, 1.54) is 27.5 Å². The lowest BCUT2D eigenvalue weighted by atomic mass is 10.2. The zero-order valence-corrected chi connectivity index (χ0v) is 14.3. The Morgan fingerprint density at radius 1 is 1.23 bits per heavy atom. The molecule has 22 heavy (non-hydrogen) atoms. The van der Waals surface area contributed by atoms with Crippen LogP contribution in [0, 0.1) is 6.92 Å². The van der Waals surface area contributed by atoms with Crippen LogP contribution in [0.4, 0.5) is 5.95 Å². The number of nitrogens with zero attached hydrogens (tertiary/aromatic N) is 4. The smallest absolute Gasteiger partial charge is 0.227 e. The molecule has 0 aromatic carbocycles. The molecule has 0 aliphatic carbocycles. The van der Waals surface area contributed by atoms with E-state index in [1.807, 2.05) is 11.3 Å². The van der Waals surface area contributed by atoms with E-state index in [4.69, 9.17) is 0 Å². The Morgan fingerprint density at radius 2 is 2.14 bits per heavy atom. The van der Waals surface area contributed by atoms with Gasteiger partial charge < -0.3 is 4.90 Å². The van der Waals surface area contributed by atoms with Crippen molar-refractivity contribution < 1.29 is 0 Å². The van der Waals surface area contributed by atoms with E-state index in [0.29, 0.717) is 6.04 Å². The van der Waals surface area contributed by atoms with Crippen molar-refractivity contribution in [2.45, 2.75) is 25.8 Å². The van der Waals surface area contributed by atoms with Gasteiger partial charge in [0.15, 0.2) is 5.82 Å². The lowest BCUT2D eigenvalue weighted by Gasteiger charge is -2.24. The molecule has 0 radical (unpaired) electrons. The molecule has 0 spiro atoms. The molecule has 4 nitrogen and oxygen atoms in total. The van der Waals surface area contributed by atoms with Crippen molar-refractivity contribution in [3.05, 3.63) is 39.4 Å². The lowest BCUT2D eigenvalue weighted by Crippen LogP contribution is -2.25. The van der Waals surface area contributed by atoms with Crippen molar-refractivity contribution in [1.82, 2.24) is 14.8 Å². The molecule has 4 rings (SSSR count). The summed E-state index contributed by atoms with van der Waals surface area (Å²) in [6.45, 7) is 3.18. The molecule has 3 aromatic heterocycles. The van der Waals surface area contributed by atoms with Crippen molar-refractivity contribution >= 4 is 28.6 Å². The molecule has 114 valence electrons. The minimum atomic E-state index is 0.445. The minimum Gasteiger partial charge on any atom is -0.333 e. The highest BCUT2D eigenvalue weighted by molar-refractivity contribution is 7.15. The molecule has 1 atom stereocenters. The maximum Gasteiger partial charge on any atom is 0.227 e. The van der Waals surface area contributed by atoms with Crippen LogP contribution >= 0.6 is 22.7 Å². The first-order valence-electron chi connectivity index (χ1n) is 7.50. The highest BCUT2D eigenvalue weighted by Crippen LogP contribution is 2.38. The molecule has 1 fully saturated rings. The van der Waals surface area contributed by atoms with E-state index >= 15 is 0 Å². The standard InChI is InChI=1S/C16H18N4S2/c1-11-7-8-14(22-11)15-17-18-16(19(15)2)20-9-3-5-12(20)13-6-4-10-21-13/h4,6-8,10,12H,3,5,9H2,1-2H3/t12-/m1/s1. The zero-order chi connectivity index (χ0) is 15.1. The van der Waals surface area contributed by atoms with Gasteiger partial charge >= 0.3 is 0 Å². The second-order valence-electron chi connectivity index (χ2n) is 5.66. The number of aromatic nitrogens is 3. The molecule has 0 bridgehead atoms. The predicted octanol–water partition coefficient (Wildman–Crippen LogP) is 4.26. The summed E-state index contributed by atoms with van der Waals surface area (Å²) in [4.78, 5) is 6.32. The van der Waals surface area contributed by atoms with Crippen molar-refractivity contribution in [3.63, 3.8) is 0 Å². The second kappa shape index (κ2) is 5.52. The minimum absolute atomic E-state index is 0.445. The molecule has 6 heteroatoms. The molecule has 0 N–H and O–H groups in total. The lowest BCUT2D eigenvalue weighted by molar-refractivity contribution is 0.697. The Hall–Kier alpha value is -1.66. The molecule has 0 amide bonds. The molecule has 1 aliphatic rings. The molecular weight excluding hydrogens is 312 g/mol. The van der Waals surface area contributed by atoms with Crippen molar-refractivity contribution in [2.24, 2.45) is 7.05 Å². The van der Waals surface area contributed by atoms with Crippen LogP contribution in [0.15, 0.2) is 29.6 Å². The Bertz CT molecular complexity index is 772. The first kappa shape index (κ1) is 14.0. The van der Waals surface area contributed by atoms with E-state index < -0.39 is 0 Å². The summed E-state index contributed by atoms with van der Waals surface area (Å²) < 4.78 is 2.14. The summed E-state index contributed by atoms with van der Waals surface area (Å²) in [5, 5.41) is 11.1. The quantitative estimate of drug-likeness (QED) is 0.720. The Balaban J connectivity index is 1.70. The van der Waals surface area contributed by atoms with Gasteiger partial charge in [0.25, 0.3) is 0 Å². The third-order valence-electron chi connectivity index (χ3n) is 4.19. The van der Waals surface area contributed by atoms with Gasteiger partial charge in [-0.3, -0.25) is 4.57 Å². The van der Waals surface area contributed by atoms with Gasteiger partial charge in [0, 0.05) is 23.3 Å². The van der Waals surface area contributed by atoms with E-state index in [-0.39, 0.29) is 0 Å². The van der Waals surface area contributed by atoms with Crippen LogP contribution in [-0.4, -0.2) is 21.3 Å². The van der Waals surface area contributed by atoms with Crippen molar-refractivity contribution in [1.29, 1.82) is 0 Å². The van der Waals surface area contributed by atoms with Gasteiger partial charge in [0.2, 0.25) is 5.95 Å². The Morgan fingerprint density at radius 3 is 2.86 bits per heavy atom. The van der Waals surface area contributed by atoms with Gasteiger partial charge in [-0.2, -0.15) is 0 Å². The van der Waals surface area contributed by atoms with Gasteiger partial charge in [-0.25, -0.2) is 0 Å². The topological polar surface area (TPSA) is 34.0 Å². The number of aryl methyl sites for hydroxylation is 1. The summed E-state index contributed by atoms with van der Waals surface area (Å²) in [7, 11) is 2.07. The van der Waals surface area contributed by atoms with E-state index in [0.717, 1.165) is 18.3 Å². The molecule has 1 saturated heterocycles. The summed E-state index contributed by atoms with van der Waals surface area (Å²) in [5.41, 5.74) is 0. The van der Waals surface area contributed by atoms with Crippen LogP contribution in [0.2, 0.25) is 0 Å². The van der Waals surface area contributed by atoms with Gasteiger partial charge in [-0.15, -0.1) is 32.9 Å². The summed E-state index contributed by atoms with van der Waals surface area (Å²) in [6.07, 6.45) is 2.41. The van der Waals surface area contributed by atoms with Gasteiger partial charge in [-0.1, -0.05) is 6.07 Å². The van der Waals surface area contributed by atoms with Gasteiger partial charge in [0.1, 0.15) is 0 Å². The summed E-state index contributed by atoms with van der Waals surface area (Å²) >= 11 is 3.60. The Labute approximate surface area is 138 Å². The first-order valence-corrected chi connectivity index (χ1v) is 9.20. The maximum absolute atomic E-state index is 4.49. The fourth-order valence-corrected chi connectivity index (χ4v) is 4.88. The average molecular weight is 330 g/mol. The van der Waals surface area contributed by atoms with E-state index in [1.54, 1.807) is 11.3 Å². The highest BCUT2D eigenvalue weighted by atomic mass is 32.1. The van der Waals surface area contributed by atoms with Gasteiger partial charge in [0.05, 0.1) is 10.9 Å². The predicted molar refractivity (Wildman–Crippen MR) is 92.7 cm³/mol. The number of anilines is 1. The molecule has 0 saturated carbocycles. The molecule has 1 aliphatic heterocycles. The fraction of sp³-hybridized carbons (Fsp3) is 0.375. The van der Waals surface area contributed by atoms with Crippen LogP contribution in [0.25, 0.3) is 10.7 Å². The van der Waals surface area contributed by atoms with E-state index in [2.05, 4.69) is 63.3 Å².